The summed E-state index contributed by atoms with van der Waals surface area (Å²) in [5.74, 6) is 2.81. The highest BCUT2D eigenvalue weighted by atomic mass is 15.1. The second-order valence-electron chi connectivity index (χ2n) is 14.0. The number of rotatable bonds is 8. The van der Waals surface area contributed by atoms with Gasteiger partial charge in [-0.3, -0.25) is 9.55 Å². The molecule has 0 saturated carbocycles. The van der Waals surface area contributed by atoms with E-state index < -0.39 is 0 Å². The highest BCUT2D eigenvalue weighted by Gasteiger charge is 2.21. The summed E-state index contributed by atoms with van der Waals surface area (Å²) in [6.07, 6.45) is 2.66. The molecule has 57 heavy (non-hydrogen) atoms. The quantitative estimate of drug-likeness (QED) is 0.156. The van der Waals surface area contributed by atoms with Crippen molar-refractivity contribution in [3.05, 3.63) is 194 Å². The van der Waals surface area contributed by atoms with Crippen molar-refractivity contribution in [1.29, 1.82) is 0 Å². The number of para-hydroxylation sites is 3. The summed E-state index contributed by atoms with van der Waals surface area (Å²) >= 11 is 0. The number of nitrogens with zero attached hydrogens (tertiary/aromatic N) is 6. The molecule has 0 bridgehead atoms. The Morgan fingerprint density at radius 2 is 1.04 bits per heavy atom. The van der Waals surface area contributed by atoms with Gasteiger partial charge in [0, 0.05) is 40.4 Å². The number of imidazole rings is 1. The number of hydrogen-bond donors (Lipinski definition) is 0. The second kappa shape index (κ2) is 14.6. The van der Waals surface area contributed by atoms with E-state index in [4.69, 9.17) is 24.9 Å². The summed E-state index contributed by atoms with van der Waals surface area (Å²) in [5, 5.41) is 2.21. The molecule has 3 aromatic heterocycles. The largest absolute Gasteiger partial charge is 0.296 e. The Balaban J connectivity index is 1.17. The van der Waals surface area contributed by atoms with E-state index in [0.29, 0.717) is 17.5 Å². The molecule has 0 saturated heterocycles. The Kier molecular flexibility index (Phi) is 8.69. The van der Waals surface area contributed by atoms with Crippen LogP contribution in [0.25, 0.3) is 95.2 Å². The van der Waals surface area contributed by atoms with Gasteiger partial charge in [-0.1, -0.05) is 146 Å². The lowest BCUT2D eigenvalue weighted by atomic mass is 9.89. The lowest BCUT2D eigenvalue weighted by molar-refractivity contribution is 0.909. The molecule has 0 aliphatic heterocycles. The number of benzene rings is 7. The van der Waals surface area contributed by atoms with E-state index in [1.807, 2.05) is 72.9 Å². The zero-order valence-electron chi connectivity index (χ0n) is 31.3. The topological polar surface area (TPSA) is 69.4 Å². The molecule has 0 N–H and O–H groups in total. The molecule has 6 heteroatoms. The molecule has 0 amide bonds. The van der Waals surface area contributed by atoms with E-state index >= 15 is 0 Å². The first-order valence-corrected chi connectivity index (χ1v) is 19.2. The highest BCUT2D eigenvalue weighted by Crippen LogP contribution is 2.42. The van der Waals surface area contributed by atoms with Crippen molar-refractivity contribution < 1.29 is 0 Å². The summed E-state index contributed by atoms with van der Waals surface area (Å²) in [4.78, 5) is 25.3. The van der Waals surface area contributed by atoms with Gasteiger partial charge in [-0.2, -0.15) is 0 Å². The number of aromatic nitrogens is 6. The van der Waals surface area contributed by atoms with Gasteiger partial charge in [-0.05, 0) is 69.9 Å². The van der Waals surface area contributed by atoms with Gasteiger partial charge in [0.2, 0.25) is 0 Å². The third-order valence-electron chi connectivity index (χ3n) is 10.5. The normalized spacial score (nSPS) is 11.3. The first-order valence-electron chi connectivity index (χ1n) is 19.2. The predicted octanol–water partition coefficient (Wildman–Crippen LogP) is 12.3. The average Bonchev–Trinajstić information content (AvgIpc) is 3.68. The minimum absolute atomic E-state index is 0.564. The van der Waals surface area contributed by atoms with Crippen LogP contribution in [0.4, 0.5) is 0 Å². The maximum absolute atomic E-state index is 5.10. The average molecular weight is 733 g/mol. The fourth-order valence-electron chi connectivity index (χ4n) is 7.84. The third-order valence-corrected chi connectivity index (χ3v) is 10.5. The molecule has 0 fully saturated rings. The van der Waals surface area contributed by atoms with E-state index in [0.717, 1.165) is 89.9 Å². The van der Waals surface area contributed by atoms with Crippen molar-refractivity contribution in [2.24, 2.45) is 0 Å². The Morgan fingerprint density at radius 1 is 0.439 bits per heavy atom. The van der Waals surface area contributed by atoms with Crippen molar-refractivity contribution in [3.8, 4) is 73.4 Å². The van der Waals surface area contributed by atoms with Crippen molar-refractivity contribution in [1.82, 2.24) is 29.5 Å². The van der Waals surface area contributed by atoms with E-state index in [1.165, 1.54) is 0 Å². The van der Waals surface area contributed by atoms with Crippen LogP contribution < -0.4 is 0 Å². The molecular formula is C51H36N6. The Hall–Kier alpha value is -7.57. The van der Waals surface area contributed by atoms with Crippen molar-refractivity contribution >= 4 is 21.8 Å². The van der Waals surface area contributed by atoms with Crippen LogP contribution in [0.1, 0.15) is 12.7 Å². The lowest BCUT2D eigenvalue weighted by Crippen LogP contribution is -2.03. The molecule has 7 aromatic carbocycles. The minimum Gasteiger partial charge on any atom is -0.296 e. The summed E-state index contributed by atoms with van der Waals surface area (Å²) in [7, 11) is 0. The fraction of sp³-hybridized carbons (Fsp3) is 0.0392. The molecule has 0 atom stereocenters. The summed E-state index contributed by atoms with van der Waals surface area (Å²) in [5.41, 5.74) is 12.1. The standard InChI is InChI=1S/C51H36N6/c1-2-47-53-44-28-14-16-30-46(44)57(47)45-29-15-13-26-41(45)40-25-12-11-24-39(40)37-32-36-22-9-10-23-38(36)43(33-37)48-42(27-17-31-52-48)51-55-49(34-18-5-3-6-19-34)54-50(56-51)35-20-7-4-8-21-35/h3-33H,2H2,1H3. The van der Waals surface area contributed by atoms with Gasteiger partial charge >= 0.3 is 0 Å². The van der Waals surface area contributed by atoms with Crippen molar-refractivity contribution in [3.63, 3.8) is 0 Å². The number of aryl methyl sites for hydroxylation is 1. The zero-order valence-corrected chi connectivity index (χ0v) is 31.3. The Morgan fingerprint density at radius 3 is 1.79 bits per heavy atom. The minimum atomic E-state index is 0.564. The number of fused-ring (bicyclic) bond motifs is 2. The summed E-state index contributed by atoms with van der Waals surface area (Å²) < 4.78 is 2.32. The van der Waals surface area contributed by atoms with Crippen LogP contribution in [0.2, 0.25) is 0 Å². The molecular weight excluding hydrogens is 697 g/mol. The lowest BCUT2D eigenvalue weighted by Gasteiger charge is -2.18. The zero-order chi connectivity index (χ0) is 38.1. The van der Waals surface area contributed by atoms with Gasteiger partial charge in [-0.15, -0.1) is 0 Å². The predicted molar refractivity (Wildman–Crippen MR) is 232 cm³/mol. The molecule has 0 unspecified atom stereocenters. The van der Waals surface area contributed by atoms with Gasteiger partial charge < -0.3 is 0 Å². The molecule has 0 radical (unpaired) electrons. The molecule has 270 valence electrons. The number of pyridine rings is 1. The smallest absolute Gasteiger partial charge is 0.166 e. The van der Waals surface area contributed by atoms with E-state index in [2.05, 4.69) is 127 Å². The second-order valence-corrected chi connectivity index (χ2v) is 14.0. The van der Waals surface area contributed by atoms with Gasteiger partial charge in [0.05, 0.1) is 22.4 Å². The molecule has 6 nitrogen and oxygen atoms in total. The fourth-order valence-corrected chi connectivity index (χ4v) is 7.84. The van der Waals surface area contributed by atoms with E-state index in [-0.39, 0.29) is 0 Å². The van der Waals surface area contributed by atoms with Gasteiger partial charge in [0.15, 0.2) is 17.5 Å². The van der Waals surface area contributed by atoms with Gasteiger partial charge in [-0.25, -0.2) is 19.9 Å². The van der Waals surface area contributed by atoms with Crippen LogP contribution in [0.5, 0.6) is 0 Å². The van der Waals surface area contributed by atoms with Crippen LogP contribution in [0.3, 0.4) is 0 Å². The number of hydrogen-bond acceptors (Lipinski definition) is 5. The van der Waals surface area contributed by atoms with E-state index in [9.17, 15) is 0 Å². The first-order chi connectivity index (χ1) is 28.2. The summed E-state index contributed by atoms with van der Waals surface area (Å²) in [6, 6.07) is 63.0. The molecule has 0 aliphatic carbocycles. The maximum atomic E-state index is 5.10. The van der Waals surface area contributed by atoms with Gasteiger partial charge in [0.25, 0.3) is 0 Å². The molecule has 0 aliphatic rings. The SMILES string of the molecule is CCc1nc2ccccc2n1-c1ccccc1-c1ccccc1-c1cc(-c2ncccc2-c2nc(-c3ccccc3)nc(-c3ccccc3)n2)c2ccccc2c1. The van der Waals surface area contributed by atoms with Crippen LogP contribution in [-0.4, -0.2) is 29.5 Å². The Labute approximate surface area is 330 Å². The Bertz CT molecular complexity index is 3000. The van der Waals surface area contributed by atoms with E-state index in [1.54, 1.807) is 0 Å². The monoisotopic (exact) mass is 732 g/mol. The van der Waals surface area contributed by atoms with Crippen LogP contribution in [0, 0.1) is 0 Å². The van der Waals surface area contributed by atoms with Crippen LogP contribution in [-0.2, 0) is 6.42 Å². The van der Waals surface area contributed by atoms with Crippen molar-refractivity contribution in [2.75, 3.05) is 0 Å². The molecule has 3 heterocycles. The van der Waals surface area contributed by atoms with Crippen LogP contribution in [0.15, 0.2) is 188 Å². The maximum Gasteiger partial charge on any atom is 0.166 e. The molecule has 10 rings (SSSR count). The molecule has 0 spiro atoms. The molecule has 10 aromatic rings. The van der Waals surface area contributed by atoms with Crippen molar-refractivity contribution in [2.45, 2.75) is 13.3 Å². The third kappa shape index (κ3) is 6.23. The first kappa shape index (κ1) is 34.0. The van der Waals surface area contributed by atoms with Crippen LogP contribution >= 0.6 is 0 Å². The highest BCUT2D eigenvalue weighted by molar-refractivity contribution is 6.03. The van der Waals surface area contributed by atoms with Gasteiger partial charge in [0.1, 0.15) is 5.82 Å². The summed E-state index contributed by atoms with van der Waals surface area (Å²) in [6.45, 7) is 2.17.